The van der Waals surface area contributed by atoms with Gasteiger partial charge in [-0.2, -0.15) is 0 Å². The minimum atomic E-state index is 0.800. The first-order valence-corrected chi connectivity index (χ1v) is 8.12. The number of rotatable bonds is 5. The van der Waals surface area contributed by atoms with Gasteiger partial charge < -0.3 is 10.1 Å². The van der Waals surface area contributed by atoms with Gasteiger partial charge in [-0.15, -0.1) is 0 Å². The Morgan fingerprint density at radius 1 is 1.00 bits per heavy atom. The molecule has 4 heteroatoms. The van der Waals surface area contributed by atoms with Crippen LogP contribution in [0.1, 0.15) is 18.1 Å². The van der Waals surface area contributed by atoms with E-state index in [1.807, 2.05) is 31.2 Å². The van der Waals surface area contributed by atoms with Gasteiger partial charge in [-0.05, 0) is 49.4 Å². The van der Waals surface area contributed by atoms with Crippen LogP contribution in [0.25, 0.3) is 0 Å². The highest BCUT2D eigenvalue weighted by Gasteiger charge is 2.08. The molecule has 0 radical (unpaired) electrons. The minimum absolute atomic E-state index is 0.800. The van der Waals surface area contributed by atoms with E-state index < -0.39 is 0 Å². The molecule has 0 amide bonds. The summed E-state index contributed by atoms with van der Waals surface area (Å²) in [6.45, 7) is 5.88. The summed E-state index contributed by atoms with van der Waals surface area (Å²) in [6, 6.07) is 12.2. The van der Waals surface area contributed by atoms with Gasteiger partial charge in [-0.1, -0.05) is 44.8 Å². The zero-order valence-corrected chi connectivity index (χ0v) is 14.7. The van der Waals surface area contributed by atoms with Crippen molar-refractivity contribution in [3.8, 4) is 11.5 Å². The van der Waals surface area contributed by atoms with Crippen molar-refractivity contribution in [1.82, 2.24) is 5.32 Å². The van der Waals surface area contributed by atoms with Gasteiger partial charge in [0.2, 0.25) is 0 Å². The first-order chi connectivity index (χ1) is 9.60. The molecule has 0 saturated carbocycles. The molecule has 1 N–H and O–H groups in total. The zero-order valence-electron chi connectivity index (χ0n) is 11.5. The topological polar surface area (TPSA) is 21.3 Å². The van der Waals surface area contributed by atoms with Gasteiger partial charge in [0.1, 0.15) is 11.5 Å². The van der Waals surface area contributed by atoms with Crippen LogP contribution in [0.3, 0.4) is 0 Å². The maximum absolute atomic E-state index is 6.08. The molecule has 2 aromatic rings. The smallest absolute Gasteiger partial charge is 0.133 e. The van der Waals surface area contributed by atoms with Gasteiger partial charge in [0.25, 0.3) is 0 Å². The summed E-state index contributed by atoms with van der Waals surface area (Å²) in [5.41, 5.74) is 2.26. The van der Waals surface area contributed by atoms with Crippen LogP contribution in [0.5, 0.6) is 11.5 Å². The van der Waals surface area contributed by atoms with E-state index in [0.29, 0.717) is 0 Å². The second-order valence-corrected chi connectivity index (χ2v) is 6.38. The number of hydrogen-bond acceptors (Lipinski definition) is 2. The van der Waals surface area contributed by atoms with Gasteiger partial charge >= 0.3 is 0 Å². The van der Waals surface area contributed by atoms with Gasteiger partial charge in [0.15, 0.2) is 0 Å². The van der Waals surface area contributed by atoms with E-state index in [2.05, 4.69) is 56.2 Å². The lowest BCUT2D eigenvalue weighted by Gasteiger charge is -2.14. The molecule has 2 nitrogen and oxygen atoms in total. The van der Waals surface area contributed by atoms with Crippen molar-refractivity contribution in [3.05, 3.63) is 56.5 Å². The van der Waals surface area contributed by atoms with Crippen LogP contribution >= 0.6 is 31.9 Å². The maximum Gasteiger partial charge on any atom is 0.133 e. The first-order valence-electron chi connectivity index (χ1n) is 6.53. The molecule has 0 aliphatic rings. The Morgan fingerprint density at radius 2 is 1.70 bits per heavy atom. The van der Waals surface area contributed by atoms with E-state index in [-0.39, 0.29) is 0 Å². The Labute approximate surface area is 136 Å². The second kappa shape index (κ2) is 7.25. The van der Waals surface area contributed by atoms with E-state index in [0.717, 1.165) is 44.7 Å². The monoisotopic (exact) mass is 397 g/mol. The van der Waals surface area contributed by atoms with Crippen molar-refractivity contribution < 1.29 is 4.74 Å². The largest absolute Gasteiger partial charge is 0.457 e. The van der Waals surface area contributed by atoms with Crippen molar-refractivity contribution in [2.75, 3.05) is 6.54 Å². The summed E-state index contributed by atoms with van der Waals surface area (Å²) in [5.74, 6) is 1.76. The maximum atomic E-state index is 6.08. The van der Waals surface area contributed by atoms with Crippen LogP contribution in [0.2, 0.25) is 0 Å². The van der Waals surface area contributed by atoms with Crippen LogP contribution in [0.15, 0.2) is 45.3 Å². The number of benzene rings is 2. The third-order valence-electron chi connectivity index (χ3n) is 2.95. The van der Waals surface area contributed by atoms with Crippen LogP contribution in [-0.4, -0.2) is 6.54 Å². The third kappa shape index (κ3) is 4.08. The molecule has 0 fully saturated rings. The summed E-state index contributed by atoms with van der Waals surface area (Å²) < 4.78 is 8.16. The van der Waals surface area contributed by atoms with Gasteiger partial charge in [0.05, 0.1) is 0 Å². The van der Waals surface area contributed by atoms with E-state index in [4.69, 9.17) is 4.74 Å². The number of hydrogen-bond donors (Lipinski definition) is 1. The molecule has 0 aromatic heterocycles. The fourth-order valence-electron chi connectivity index (χ4n) is 1.87. The highest BCUT2D eigenvalue weighted by atomic mass is 79.9. The molecule has 2 aromatic carbocycles. The number of ether oxygens (including phenoxy) is 1. The molecule has 0 saturated heterocycles. The fourth-order valence-corrected chi connectivity index (χ4v) is 2.69. The third-order valence-corrected chi connectivity index (χ3v) is 3.94. The predicted octanol–water partition coefficient (Wildman–Crippen LogP) is 5.42. The Hall–Kier alpha value is -0.840. The molecule has 0 aliphatic carbocycles. The zero-order chi connectivity index (χ0) is 14.5. The minimum Gasteiger partial charge on any atom is -0.457 e. The molecule has 0 bridgehead atoms. The van der Waals surface area contributed by atoms with Crippen molar-refractivity contribution >= 4 is 31.9 Å². The van der Waals surface area contributed by atoms with Crippen molar-refractivity contribution in [2.45, 2.75) is 20.4 Å². The lowest BCUT2D eigenvalue weighted by molar-refractivity contribution is 0.469. The van der Waals surface area contributed by atoms with E-state index >= 15 is 0 Å². The number of aryl methyl sites for hydroxylation is 1. The molecule has 2 rings (SSSR count). The average molecular weight is 399 g/mol. The molecule has 0 heterocycles. The van der Waals surface area contributed by atoms with Gasteiger partial charge in [-0.25, -0.2) is 0 Å². The molecular weight excluding hydrogens is 382 g/mol. The lowest BCUT2D eigenvalue weighted by atomic mass is 10.2. The molecule has 0 aliphatic heterocycles. The highest BCUT2D eigenvalue weighted by molar-refractivity contribution is 9.10. The fraction of sp³-hybridized carbons (Fsp3) is 0.250. The summed E-state index contributed by atoms with van der Waals surface area (Å²) in [4.78, 5) is 0. The van der Waals surface area contributed by atoms with Crippen LogP contribution in [-0.2, 0) is 6.54 Å². The van der Waals surface area contributed by atoms with Crippen LogP contribution < -0.4 is 10.1 Å². The van der Waals surface area contributed by atoms with Gasteiger partial charge in [-0.3, -0.25) is 0 Å². The first kappa shape index (κ1) is 15.5. The van der Waals surface area contributed by atoms with E-state index in [1.165, 1.54) is 0 Å². The lowest BCUT2D eigenvalue weighted by Crippen LogP contribution is -2.12. The summed E-state index contributed by atoms with van der Waals surface area (Å²) in [6.07, 6.45) is 0. The number of halogens is 2. The predicted molar refractivity (Wildman–Crippen MR) is 90.5 cm³/mol. The quantitative estimate of drug-likeness (QED) is 0.725. The molecule has 20 heavy (non-hydrogen) atoms. The van der Waals surface area contributed by atoms with Crippen LogP contribution in [0, 0.1) is 6.92 Å². The van der Waals surface area contributed by atoms with Gasteiger partial charge in [0, 0.05) is 21.1 Å². The number of nitrogens with one attached hydrogen (secondary N) is 1. The molecular formula is C16H17Br2NO. The Kier molecular flexibility index (Phi) is 5.64. The van der Waals surface area contributed by atoms with E-state index in [9.17, 15) is 0 Å². The second-order valence-electron chi connectivity index (χ2n) is 4.54. The average Bonchev–Trinajstić information content (AvgIpc) is 2.41. The highest BCUT2D eigenvalue weighted by Crippen LogP contribution is 2.31. The van der Waals surface area contributed by atoms with E-state index in [1.54, 1.807) is 0 Å². The Balaban J connectivity index is 2.29. The van der Waals surface area contributed by atoms with Crippen molar-refractivity contribution in [1.29, 1.82) is 0 Å². The Morgan fingerprint density at radius 3 is 2.40 bits per heavy atom. The van der Waals surface area contributed by atoms with Crippen molar-refractivity contribution in [2.24, 2.45) is 0 Å². The molecule has 0 unspecified atom stereocenters. The molecule has 0 atom stereocenters. The van der Waals surface area contributed by atoms with Crippen molar-refractivity contribution in [3.63, 3.8) is 0 Å². The molecule has 0 spiro atoms. The summed E-state index contributed by atoms with van der Waals surface area (Å²) in [7, 11) is 0. The summed E-state index contributed by atoms with van der Waals surface area (Å²) >= 11 is 6.97. The summed E-state index contributed by atoms with van der Waals surface area (Å²) in [5, 5.41) is 3.33. The normalized spacial score (nSPS) is 10.6. The molecule has 106 valence electrons. The van der Waals surface area contributed by atoms with Crippen LogP contribution in [0.4, 0.5) is 0 Å². The SMILES string of the molecule is CCNCc1ccc(Br)cc1Oc1ccc(Br)cc1C. The Bertz CT molecular complexity index is 599. The standard InChI is InChI=1S/C16H17Br2NO/c1-3-19-10-12-4-5-14(18)9-16(12)20-15-7-6-13(17)8-11(15)2/h4-9,19H,3,10H2,1-2H3.